The maximum absolute atomic E-state index is 13.1. The van der Waals surface area contributed by atoms with Crippen LogP contribution < -0.4 is 16.0 Å². The van der Waals surface area contributed by atoms with E-state index >= 15 is 0 Å². The molecule has 3 amide bonds. The monoisotopic (exact) mass is 513 g/mol. The van der Waals surface area contributed by atoms with Gasteiger partial charge in [0.2, 0.25) is 11.8 Å². The van der Waals surface area contributed by atoms with Crippen LogP contribution in [0.3, 0.4) is 0 Å². The lowest BCUT2D eigenvalue weighted by Crippen LogP contribution is -2.58. The van der Waals surface area contributed by atoms with Crippen LogP contribution in [0.2, 0.25) is 0 Å². The van der Waals surface area contributed by atoms with Gasteiger partial charge in [-0.1, -0.05) is 70.2 Å². The number of carbonyl (C=O) groups is 4. The Morgan fingerprint density at radius 2 is 1.30 bits per heavy atom. The third kappa shape index (κ3) is 9.47. The largest absolute Gasteiger partial charge is 0.508 e. The van der Waals surface area contributed by atoms with Crippen molar-refractivity contribution in [3.05, 3.63) is 65.7 Å². The smallest absolute Gasteiger partial charge is 0.408 e. The number of ether oxygens (including phenoxy) is 1. The number of carbonyl (C=O) groups excluding carboxylic acids is 3. The second-order valence-electron chi connectivity index (χ2n) is 9.43. The Morgan fingerprint density at radius 3 is 1.84 bits per heavy atom. The van der Waals surface area contributed by atoms with Crippen molar-refractivity contribution in [2.75, 3.05) is 0 Å². The first-order chi connectivity index (χ1) is 17.5. The number of carboxylic acid groups (broad SMARTS) is 1. The van der Waals surface area contributed by atoms with Gasteiger partial charge in [0, 0.05) is 6.42 Å². The number of alkyl carbamates (subject to hydrolysis) is 1. The van der Waals surface area contributed by atoms with Crippen LogP contribution in [-0.4, -0.2) is 52.2 Å². The number of carboxylic acids is 1. The average molecular weight is 514 g/mol. The van der Waals surface area contributed by atoms with Crippen LogP contribution in [-0.2, 0) is 32.1 Å². The summed E-state index contributed by atoms with van der Waals surface area (Å²) in [6.07, 6.45) is -0.785. The molecule has 2 aromatic carbocycles. The predicted octanol–water partition coefficient (Wildman–Crippen LogP) is 2.60. The summed E-state index contributed by atoms with van der Waals surface area (Å²) in [6.45, 7) is 6.95. The molecule has 2 aromatic rings. The van der Waals surface area contributed by atoms with Gasteiger partial charge in [0.1, 0.15) is 30.5 Å². The molecule has 0 radical (unpaired) electrons. The Balaban J connectivity index is 2.03. The van der Waals surface area contributed by atoms with Crippen molar-refractivity contribution in [1.29, 1.82) is 0 Å². The van der Waals surface area contributed by atoms with Gasteiger partial charge in [-0.3, -0.25) is 9.59 Å². The van der Waals surface area contributed by atoms with Crippen LogP contribution in [0.4, 0.5) is 4.79 Å². The molecule has 37 heavy (non-hydrogen) atoms. The Hall–Kier alpha value is -4.08. The molecular weight excluding hydrogens is 478 g/mol. The normalized spacial score (nSPS) is 13.4. The molecule has 0 saturated heterocycles. The zero-order valence-corrected chi connectivity index (χ0v) is 21.4. The first-order valence-corrected chi connectivity index (χ1v) is 12.1. The van der Waals surface area contributed by atoms with Crippen molar-refractivity contribution in [3.8, 4) is 5.75 Å². The second-order valence-corrected chi connectivity index (χ2v) is 9.43. The molecule has 0 heterocycles. The van der Waals surface area contributed by atoms with Gasteiger partial charge in [-0.2, -0.15) is 0 Å². The summed E-state index contributed by atoms with van der Waals surface area (Å²) in [4.78, 5) is 50.2. The minimum Gasteiger partial charge on any atom is -0.508 e. The number of hydrogen-bond acceptors (Lipinski definition) is 6. The number of phenols is 1. The Morgan fingerprint density at radius 1 is 0.757 bits per heavy atom. The molecule has 0 unspecified atom stereocenters. The minimum absolute atomic E-state index is 0.0104. The van der Waals surface area contributed by atoms with Crippen molar-refractivity contribution in [2.45, 2.75) is 58.8 Å². The standard InChI is InChI=1S/C27H35N3O7/c1-16(2)22(24(32)28-21(26(34)35)14-18-10-12-20(31)13-11-18)29-25(33)23(17(3)4)30-27(36)37-15-19-8-6-5-7-9-19/h5-13,16-17,21-23,31H,14-15H2,1-4H3,(H,28,32)(H,29,33)(H,30,36)(H,34,35)/t21-,22-,23-/m0/s1. The third-order valence-electron chi connectivity index (χ3n) is 5.67. The molecule has 0 saturated carbocycles. The summed E-state index contributed by atoms with van der Waals surface area (Å²) in [5.41, 5.74) is 1.40. The van der Waals surface area contributed by atoms with Crippen molar-refractivity contribution in [1.82, 2.24) is 16.0 Å². The molecule has 0 aliphatic heterocycles. The van der Waals surface area contributed by atoms with E-state index in [1.165, 1.54) is 12.1 Å². The van der Waals surface area contributed by atoms with Gasteiger partial charge in [-0.05, 0) is 35.1 Å². The van der Waals surface area contributed by atoms with Crippen molar-refractivity contribution in [2.24, 2.45) is 11.8 Å². The summed E-state index contributed by atoms with van der Waals surface area (Å²) in [7, 11) is 0. The lowest BCUT2D eigenvalue weighted by molar-refractivity contribution is -0.142. The van der Waals surface area contributed by atoms with Crippen molar-refractivity contribution in [3.63, 3.8) is 0 Å². The fourth-order valence-corrected chi connectivity index (χ4v) is 3.53. The zero-order valence-electron chi connectivity index (χ0n) is 21.4. The van der Waals surface area contributed by atoms with Gasteiger partial charge in [0.25, 0.3) is 0 Å². The van der Waals surface area contributed by atoms with Gasteiger partial charge in [0.15, 0.2) is 0 Å². The molecule has 0 aromatic heterocycles. The van der Waals surface area contributed by atoms with E-state index in [2.05, 4.69) is 16.0 Å². The summed E-state index contributed by atoms with van der Waals surface area (Å²) >= 11 is 0. The van der Waals surface area contributed by atoms with E-state index in [1.807, 2.05) is 18.2 Å². The predicted molar refractivity (Wildman–Crippen MR) is 137 cm³/mol. The number of nitrogens with one attached hydrogen (secondary N) is 3. The zero-order chi connectivity index (χ0) is 27.5. The molecule has 10 heteroatoms. The SMILES string of the molecule is CC(C)[C@H](NC(=O)OCc1ccccc1)C(=O)N[C@H](C(=O)N[C@@H](Cc1ccc(O)cc1)C(=O)O)C(C)C. The molecule has 5 N–H and O–H groups in total. The number of aromatic hydroxyl groups is 1. The topological polar surface area (TPSA) is 154 Å². The van der Waals surface area contributed by atoms with Gasteiger partial charge in [-0.15, -0.1) is 0 Å². The molecule has 0 aliphatic carbocycles. The lowest BCUT2D eigenvalue weighted by Gasteiger charge is -2.27. The number of phenolic OH excluding ortho intramolecular Hbond substituents is 1. The highest BCUT2D eigenvalue weighted by Crippen LogP contribution is 2.13. The van der Waals surface area contributed by atoms with Gasteiger partial charge < -0.3 is 30.9 Å². The molecular formula is C27H35N3O7. The minimum atomic E-state index is -1.25. The third-order valence-corrected chi connectivity index (χ3v) is 5.67. The lowest BCUT2D eigenvalue weighted by atomic mass is 9.99. The van der Waals surface area contributed by atoms with Crippen LogP contribution in [0.15, 0.2) is 54.6 Å². The van der Waals surface area contributed by atoms with Crippen LogP contribution in [0.5, 0.6) is 5.75 Å². The van der Waals surface area contributed by atoms with Crippen molar-refractivity contribution >= 4 is 23.9 Å². The molecule has 2 rings (SSSR count). The summed E-state index contributed by atoms with van der Waals surface area (Å²) in [6, 6.07) is 11.8. The molecule has 10 nitrogen and oxygen atoms in total. The summed E-state index contributed by atoms with van der Waals surface area (Å²) in [5.74, 6) is -3.14. The molecule has 3 atom stereocenters. The maximum atomic E-state index is 13.1. The fourth-order valence-electron chi connectivity index (χ4n) is 3.53. The number of rotatable bonds is 12. The molecule has 0 bridgehead atoms. The quantitative estimate of drug-likeness (QED) is 0.292. The first-order valence-electron chi connectivity index (χ1n) is 12.1. The molecule has 200 valence electrons. The van der Waals surface area contributed by atoms with E-state index in [0.29, 0.717) is 5.56 Å². The van der Waals surface area contributed by atoms with Crippen LogP contribution in [0.25, 0.3) is 0 Å². The van der Waals surface area contributed by atoms with Crippen LogP contribution in [0, 0.1) is 11.8 Å². The Kier molecular flexibility index (Phi) is 10.9. The van der Waals surface area contributed by atoms with E-state index in [1.54, 1.807) is 52.0 Å². The number of benzene rings is 2. The van der Waals surface area contributed by atoms with Crippen molar-refractivity contribution < 1.29 is 34.1 Å². The van der Waals surface area contributed by atoms with Gasteiger partial charge >= 0.3 is 12.1 Å². The Labute approximate surface area is 216 Å². The molecule has 0 spiro atoms. The number of amides is 3. The van der Waals surface area contributed by atoms with Crippen LogP contribution in [0.1, 0.15) is 38.8 Å². The summed E-state index contributed by atoms with van der Waals surface area (Å²) < 4.78 is 5.21. The highest BCUT2D eigenvalue weighted by atomic mass is 16.5. The van der Waals surface area contributed by atoms with E-state index in [-0.39, 0.29) is 30.6 Å². The van der Waals surface area contributed by atoms with Crippen LogP contribution >= 0.6 is 0 Å². The highest BCUT2D eigenvalue weighted by molar-refractivity contribution is 5.93. The number of hydrogen-bond donors (Lipinski definition) is 5. The Bertz CT molecular complexity index is 1060. The van der Waals surface area contributed by atoms with E-state index < -0.39 is 42.0 Å². The van der Waals surface area contributed by atoms with Gasteiger partial charge in [-0.25, -0.2) is 9.59 Å². The fraction of sp³-hybridized carbons (Fsp3) is 0.407. The average Bonchev–Trinajstić information content (AvgIpc) is 2.85. The van der Waals surface area contributed by atoms with E-state index in [0.717, 1.165) is 5.56 Å². The highest BCUT2D eigenvalue weighted by Gasteiger charge is 2.32. The second kappa shape index (κ2) is 13.9. The summed E-state index contributed by atoms with van der Waals surface area (Å²) in [5, 5.41) is 26.7. The molecule has 0 aliphatic rings. The maximum Gasteiger partial charge on any atom is 0.408 e. The van der Waals surface area contributed by atoms with E-state index in [4.69, 9.17) is 4.74 Å². The molecule has 0 fully saturated rings. The van der Waals surface area contributed by atoms with E-state index in [9.17, 15) is 29.4 Å². The number of aliphatic carboxylic acids is 1. The van der Waals surface area contributed by atoms with Gasteiger partial charge in [0.05, 0.1) is 0 Å². The first kappa shape index (κ1) is 29.2.